The van der Waals surface area contributed by atoms with Gasteiger partial charge in [-0.2, -0.15) is 13.2 Å². The van der Waals surface area contributed by atoms with Crippen LogP contribution in [0.5, 0.6) is 0 Å². The summed E-state index contributed by atoms with van der Waals surface area (Å²) in [7, 11) is 1.86. The van der Waals surface area contributed by atoms with Crippen molar-refractivity contribution < 1.29 is 13.2 Å². The number of hydrogen-bond donors (Lipinski definition) is 1. The average molecular weight is 279 g/mol. The van der Waals surface area contributed by atoms with Crippen LogP contribution in [0.25, 0.3) is 0 Å². The fourth-order valence-corrected chi connectivity index (χ4v) is 3.40. The predicted octanol–water partition coefficient (Wildman–Crippen LogP) is 4.18. The monoisotopic (exact) mass is 279 g/mol. The Kier molecular flexibility index (Phi) is 5.22. The van der Waals surface area contributed by atoms with Crippen molar-refractivity contribution in [3.05, 3.63) is 20.9 Å². The summed E-state index contributed by atoms with van der Waals surface area (Å²) in [4.78, 5) is 0.442. The molecule has 1 unspecified atom stereocenters. The second-order valence-corrected chi connectivity index (χ2v) is 5.40. The minimum absolute atomic E-state index is 0.321. The topological polar surface area (TPSA) is 12.0 Å². The Bertz CT molecular complexity index is 396. The van der Waals surface area contributed by atoms with E-state index in [-0.39, 0.29) is 4.88 Å². The van der Waals surface area contributed by atoms with Gasteiger partial charge in [-0.1, -0.05) is 13.8 Å². The van der Waals surface area contributed by atoms with Crippen LogP contribution in [0.3, 0.4) is 0 Å². The highest BCUT2D eigenvalue weighted by Crippen LogP contribution is 2.43. The lowest BCUT2D eigenvalue weighted by molar-refractivity contribution is -0.135. The number of aryl methyl sites for hydroxylation is 1. The Morgan fingerprint density at radius 2 is 1.83 bits per heavy atom. The molecule has 0 saturated carbocycles. The van der Waals surface area contributed by atoms with Gasteiger partial charge in [0.25, 0.3) is 0 Å². The first-order chi connectivity index (χ1) is 8.43. The van der Waals surface area contributed by atoms with Gasteiger partial charge in [0.1, 0.15) is 4.88 Å². The molecule has 0 spiro atoms. The van der Waals surface area contributed by atoms with Crippen molar-refractivity contribution in [3.63, 3.8) is 0 Å². The van der Waals surface area contributed by atoms with E-state index in [4.69, 9.17) is 0 Å². The van der Waals surface area contributed by atoms with Crippen LogP contribution in [-0.4, -0.2) is 13.1 Å². The minimum atomic E-state index is -4.19. The van der Waals surface area contributed by atoms with E-state index in [1.165, 1.54) is 0 Å². The first-order valence-corrected chi connectivity index (χ1v) is 7.10. The number of halogens is 3. The number of likely N-dealkylation sites (N-methyl/N-ethyl adjacent to an activating group) is 1. The second-order valence-electron chi connectivity index (χ2n) is 4.17. The lowest BCUT2D eigenvalue weighted by Gasteiger charge is -2.23. The van der Waals surface area contributed by atoms with Crippen molar-refractivity contribution >= 4 is 11.3 Å². The fraction of sp³-hybridized carbons (Fsp3) is 0.692. The van der Waals surface area contributed by atoms with Crippen molar-refractivity contribution in [2.75, 3.05) is 7.05 Å². The van der Waals surface area contributed by atoms with Crippen LogP contribution < -0.4 is 5.32 Å². The zero-order valence-electron chi connectivity index (χ0n) is 11.2. The largest absolute Gasteiger partial charge is 0.425 e. The van der Waals surface area contributed by atoms with Gasteiger partial charge in [-0.15, -0.1) is 11.3 Å². The van der Waals surface area contributed by atoms with Gasteiger partial charge in [0, 0.05) is 10.9 Å². The molecule has 2 rings (SSSR count). The third kappa shape index (κ3) is 3.06. The van der Waals surface area contributed by atoms with Crippen molar-refractivity contribution in [2.45, 2.75) is 52.3 Å². The zero-order valence-corrected chi connectivity index (χ0v) is 12.1. The van der Waals surface area contributed by atoms with Crippen LogP contribution >= 0.6 is 11.3 Å². The standard InChI is InChI=1S/C11H14F3NS.C2H6/c1-6-9-5-7(15-2)3-4-8(9)10(16-6)11(12,13)14;1-2/h7,15H,3-5H2,1-2H3;1-2H3. The van der Waals surface area contributed by atoms with E-state index in [0.717, 1.165) is 34.6 Å². The van der Waals surface area contributed by atoms with E-state index in [1.54, 1.807) is 6.92 Å². The van der Waals surface area contributed by atoms with Gasteiger partial charge in [-0.3, -0.25) is 0 Å². The molecular formula is C13H20F3NS. The molecule has 0 bridgehead atoms. The van der Waals surface area contributed by atoms with E-state index >= 15 is 0 Å². The number of alkyl halides is 3. The summed E-state index contributed by atoms with van der Waals surface area (Å²) >= 11 is 0.897. The molecule has 0 radical (unpaired) electrons. The molecule has 0 saturated heterocycles. The van der Waals surface area contributed by atoms with Crippen LogP contribution in [0.15, 0.2) is 0 Å². The van der Waals surface area contributed by atoms with Gasteiger partial charge in [-0.25, -0.2) is 0 Å². The molecule has 104 valence electrons. The Morgan fingerprint density at radius 1 is 1.22 bits per heavy atom. The van der Waals surface area contributed by atoms with Gasteiger partial charge in [0.15, 0.2) is 0 Å². The van der Waals surface area contributed by atoms with E-state index in [1.807, 2.05) is 20.9 Å². The highest BCUT2D eigenvalue weighted by Gasteiger charge is 2.38. The summed E-state index contributed by atoms with van der Waals surface area (Å²) in [6.45, 7) is 5.79. The minimum Gasteiger partial charge on any atom is -0.317 e. The molecule has 0 amide bonds. The molecule has 0 fully saturated rings. The van der Waals surface area contributed by atoms with Gasteiger partial charge in [0.05, 0.1) is 0 Å². The van der Waals surface area contributed by atoms with Crippen LogP contribution in [0, 0.1) is 6.92 Å². The summed E-state index contributed by atoms with van der Waals surface area (Å²) in [5, 5.41) is 3.14. The van der Waals surface area contributed by atoms with E-state index in [0.29, 0.717) is 18.0 Å². The van der Waals surface area contributed by atoms with Crippen LogP contribution in [0.2, 0.25) is 0 Å². The molecule has 0 aliphatic heterocycles. The third-order valence-corrected chi connectivity index (χ3v) is 4.41. The van der Waals surface area contributed by atoms with Crippen LogP contribution in [0.1, 0.15) is 41.1 Å². The fourth-order valence-electron chi connectivity index (χ4n) is 2.30. The summed E-state index contributed by atoms with van der Waals surface area (Å²) in [5.41, 5.74) is 1.46. The number of hydrogen-bond acceptors (Lipinski definition) is 2. The van der Waals surface area contributed by atoms with E-state index in [9.17, 15) is 13.2 Å². The molecule has 1 aromatic rings. The molecular weight excluding hydrogens is 259 g/mol. The van der Waals surface area contributed by atoms with Crippen molar-refractivity contribution in [2.24, 2.45) is 0 Å². The summed E-state index contributed by atoms with van der Waals surface area (Å²) in [5.74, 6) is 0. The molecule has 0 aromatic carbocycles. The smallest absolute Gasteiger partial charge is 0.317 e. The molecule has 1 heterocycles. The zero-order chi connectivity index (χ0) is 13.9. The SMILES string of the molecule is CC.CNC1CCc2c(C(F)(F)F)sc(C)c2C1. The molecule has 18 heavy (non-hydrogen) atoms. The highest BCUT2D eigenvalue weighted by molar-refractivity contribution is 7.12. The lowest BCUT2D eigenvalue weighted by Crippen LogP contribution is -2.31. The maximum atomic E-state index is 12.8. The lowest BCUT2D eigenvalue weighted by atomic mass is 9.88. The molecule has 1 atom stereocenters. The van der Waals surface area contributed by atoms with Gasteiger partial charge in [0.2, 0.25) is 0 Å². The Labute approximate surface area is 110 Å². The van der Waals surface area contributed by atoms with Crippen molar-refractivity contribution in [3.8, 4) is 0 Å². The van der Waals surface area contributed by atoms with E-state index in [2.05, 4.69) is 5.32 Å². The molecule has 1 N–H and O–H groups in total. The van der Waals surface area contributed by atoms with Crippen LogP contribution in [-0.2, 0) is 19.0 Å². The summed E-state index contributed by atoms with van der Waals surface area (Å²) < 4.78 is 38.3. The van der Waals surface area contributed by atoms with Crippen LogP contribution in [0.4, 0.5) is 13.2 Å². The first kappa shape index (κ1) is 15.5. The second kappa shape index (κ2) is 6.06. The normalized spacial score (nSPS) is 18.9. The summed E-state index contributed by atoms with van der Waals surface area (Å²) in [6, 6.07) is 0.321. The van der Waals surface area contributed by atoms with Gasteiger partial charge in [-0.05, 0) is 44.4 Å². The Hall–Kier alpha value is -0.550. The van der Waals surface area contributed by atoms with E-state index < -0.39 is 6.18 Å². The van der Waals surface area contributed by atoms with Crippen molar-refractivity contribution in [1.29, 1.82) is 0 Å². The number of rotatable bonds is 1. The molecule has 1 aliphatic carbocycles. The first-order valence-electron chi connectivity index (χ1n) is 6.29. The number of fused-ring (bicyclic) bond motifs is 1. The summed E-state index contributed by atoms with van der Waals surface area (Å²) in [6.07, 6.45) is -2.12. The average Bonchev–Trinajstić information content (AvgIpc) is 2.69. The van der Waals surface area contributed by atoms with Gasteiger partial charge < -0.3 is 5.32 Å². The van der Waals surface area contributed by atoms with Gasteiger partial charge >= 0.3 is 6.18 Å². The van der Waals surface area contributed by atoms with Crippen molar-refractivity contribution in [1.82, 2.24) is 5.32 Å². The molecule has 5 heteroatoms. The third-order valence-electron chi connectivity index (χ3n) is 3.18. The Balaban J connectivity index is 0.000000771. The maximum Gasteiger partial charge on any atom is 0.425 e. The number of thiophene rings is 1. The maximum absolute atomic E-state index is 12.8. The highest BCUT2D eigenvalue weighted by atomic mass is 32.1. The molecule has 1 nitrogen and oxygen atoms in total. The quantitative estimate of drug-likeness (QED) is 0.813. The predicted molar refractivity (Wildman–Crippen MR) is 70.3 cm³/mol. The number of nitrogens with one attached hydrogen (secondary N) is 1. The molecule has 1 aliphatic rings. The Morgan fingerprint density at radius 3 is 2.33 bits per heavy atom. The molecule has 1 aromatic heterocycles.